The van der Waals surface area contributed by atoms with Gasteiger partial charge in [-0.25, -0.2) is 4.98 Å². The topological polar surface area (TPSA) is 42.4 Å². The molecule has 2 rings (SSSR count). The van der Waals surface area contributed by atoms with Crippen molar-refractivity contribution in [3.63, 3.8) is 0 Å². The van der Waals surface area contributed by atoms with Crippen LogP contribution in [0.1, 0.15) is 24.8 Å². The van der Waals surface area contributed by atoms with Crippen LogP contribution < -0.4 is 4.74 Å². The lowest BCUT2D eigenvalue weighted by Gasteiger charge is -2.26. The number of likely N-dealkylation sites (tertiary alicyclic amines) is 1. The Labute approximate surface area is 95.2 Å². The summed E-state index contributed by atoms with van der Waals surface area (Å²) in [6, 6.07) is 3.77. The highest BCUT2D eigenvalue weighted by atomic mass is 16.5. The van der Waals surface area contributed by atoms with Crippen LogP contribution in [0, 0.1) is 6.92 Å². The van der Waals surface area contributed by atoms with Crippen LogP contribution in [0.4, 0.5) is 0 Å². The first-order chi connectivity index (χ1) is 7.75. The van der Waals surface area contributed by atoms with Crippen LogP contribution in [-0.2, 0) is 4.79 Å². The lowest BCUT2D eigenvalue weighted by atomic mass is 10.1. The van der Waals surface area contributed by atoms with Crippen LogP contribution in [-0.4, -0.2) is 29.1 Å². The molecule has 2 heterocycles. The number of rotatable bonds is 3. The van der Waals surface area contributed by atoms with Crippen molar-refractivity contribution < 1.29 is 9.53 Å². The molecule has 4 nitrogen and oxygen atoms in total. The molecule has 0 unspecified atom stereocenters. The molecule has 0 radical (unpaired) electrons. The third-order valence-electron chi connectivity index (χ3n) is 2.67. The van der Waals surface area contributed by atoms with Gasteiger partial charge in [0.25, 0.3) is 0 Å². The van der Waals surface area contributed by atoms with E-state index < -0.39 is 0 Å². The van der Waals surface area contributed by atoms with Gasteiger partial charge in [-0.3, -0.25) is 4.79 Å². The molecule has 1 fully saturated rings. The number of hydrogen-bond acceptors (Lipinski definition) is 3. The van der Waals surface area contributed by atoms with Gasteiger partial charge in [0.1, 0.15) is 0 Å². The number of piperidine rings is 1. The second-order valence-electron chi connectivity index (χ2n) is 4.06. The van der Waals surface area contributed by atoms with E-state index in [-0.39, 0.29) is 5.91 Å². The quantitative estimate of drug-likeness (QED) is 0.779. The van der Waals surface area contributed by atoms with Crippen molar-refractivity contribution in [2.75, 3.05) is 13.3 Å². The molecular formula is C12H16N2O2. The molecule has 1 amide bonds. The number of pyridine rings is 1. The molecule has 16 heavy (non-hydrogen) atoms. The maximum Gasteiger partial charge on any atom is 0.225 e. The van der Waals surface area contributed by atoms with Gasteiger partial charge in [-0.05, 0) is 25.3 Å². The van der Waals surface area contributed by atoms with Crippen molar-refractivity contribution in [1.29, 1.82) is 0 Å². The average molecular weight is 220 g/mol. The van der Waals surface area contributed by atoms with Crippen molar-refractivity contribution in [3.05, 3.63) is 23.9 Å². The normalized spacial score (nSPS) is 16.3. The Morgan fingerprint density at radius 1 is 1.44 bits per heavy atom. The number of amides is 1. The van der Waals surface area contributed by atoms with Crippen molar-refractivity contribution in [2.24, 2.45) is 0 Å². The van der Waals surface area contributed by atoms with Gasteiger partial charge in [0, 0.05) is 25.2 Å². The summed E-state index contributed by atoms with van der Waals surface area (Å²) in [5, 5.41) is 0. The van der Waals surface area contributed by atoms with Gasteiger partial charge in [0.05, 0.1) is 0 Å². The molecule has 0 saturated carbocycles. The smallest absolute Gasteiger partial charge is 0.225 e. The van der Waals surface area contributed by atoms with Gasteiger partial charge in [0.15, 0.2) is 6.73 Å². The van der Waals surface area contributed by atoms with E-state index in [2.05, 4.69) is 4.98 Å². The predicted octanol–water partition coefficient (Wildman–Crippen LogP) is 1.74. The van der Waals surface area contributed by atoms with E-state index in [9.17, 15) is 4.79 Å². The maximum absolute atomic E-state index is 11.5. The largest absolute Gasteiger partial charge is 0.456 e. The van der Waals surface area contributed by atoms with Gasteiger partial charge in [-0.2, -0.15) is 0 Å². The maximum atomic E-state index is 11.5. The van der Waals surface area contributed by atoms with Gasteiger partial charge >= 0.3 is 0 Å². The summed E-state index contributed by atoms with van der Waals surface area (Å²) >= 11 is 0. The minimum Gasteiger partial charge on any atom is -0.456 e. The zero-order valence-electron chi connectivity index (χ0n) is 9.48. The number of carbonyl (C=O) groups is 1. The Balaban J connectivity index is 1.86. The summed E-state index contributed by atoms with van der Waals surface area (Å²) in [6.45, 7) is 3.09. The van der Waals surface area contributed by atoms with Crippen molar-refractivity contribution in [2.45, 2.75) is 26.2 Å². The fourth-order valence-electron chi connectivity index (χ4n) is 1.68. The molecule has 0 atom stereocenters. The van der Waals surface area contributed by atoms with E-state index in [4.69, 9.17) is 4.74 Å². The Morgan fingerprint density at radius 2 is 2.31 bits per heavy atom. The lowest BCUT2D eigenvalue weighted by molar-refractivity contribution is -0.136. The summed E-state index contributed by atoms with van der Waals surface area (Å²) in [6.07, 6.45) is 4.46. The SMILES string of the molecule is Cc1ccc(OCN2CCCCC2=O)nc1. The Morgan fingerprint density at radius 3 is 3.00 bits per heavy atom. The number of aromatic nitrogens is 1. The van der Waals surface area contributed by atoms with Crippen LogP contribution >= 0.6 is 0 Å². The van der Waals surface area contributed by atoms with Gasteiger partial charge in [-0.1, -0.05) is 6.07 Å². The predicted molar refractivity (Wildman–Crippen MR) is 60.0 cm³/mol. The van der Waals surface area contributed by atoms with Gasteiger partial charge in [0.2, 0.25) is 11.8 Å². The Hall–Kier alpha value is -1.58. The highest BCUT2D eigenvalue weighted by Crippen LogP contribution is 2.12. The summed E-state index contributed by atoms with van der Waals surface area (Å²) in [5.74, 6) is 0.752. The van der Waals surface area contributed by atoms with E-state index >= 15 is 0 Å². The number of aryl methyl sites for hydroxylation is 1. The molecule has 1 aliphatic heterocycles. The average Bonchev–Trinajstić information content (AvgIpc) is 2.30. The number of nitrogens with zero attached hydrogens (tertiary/aromatic N) is 2. The first-order valence-electron chi connectivity index (χ1n) is 5.59. The fourth-order valence-corrected chi connectivity index (χ4v) is 1.68. The van der Waals surface area contributed by atoms with Gasteiger partial charge in [-0.15, -0.1) is 0 Å². The van der Waals surface area contributed by atoms with E-state index in [0.717, 1.165) is 24.9 Å². The van der Waals surface area contributed by atoms with Crippen LogP contribution in [0.25, 0.3) is 0 Å². The molecule has 1 aromatic heterocycles. The minimum absolute atomic E-state index is 0.179. The Kier molecular flexibility index (Phi) is 3.39. The molecule has 86 valence electrons. The number of carbonyl (C=O) groups excluding carboxylic acids is 1. The van der Waals surface area contributed by atoms with E-state index in [1.54, 1.807) is 11.1 Å². The lowest BCUT2D eigenvalue weighted by Crippen LogP contribution is -2.38. The van der Waals surface area contributed by atoms with E-state index in [0.29, 0.717) is 19.0 Å². The summed E-state index contributed by atoms with van der Waals surface area (Å²) in [4.78, 5) is 17.4. The first-order valence-corrected chi connectivity index (χ1v) is 5.59. The fraction of sp³-hybridized carbons (Fsp3) is 0.500. The monoisotopic (exact) mass is 220 g/mol. The third kappa shape index (κ3) is 2.72. The Bertz CT molecular complexity index is 362. The van der Waals surface area contributed by atoms with Crippen LogP contribution in [0.3, 0.4) is 0 Å². The standard InChI is InChI=1S/C12H16N2O2/c1-10-5-6-11(13-8-10)16-9-14-7-3-2-4-12(14)15/h5-6,8H,2-4,7,9H2,1H3. The molecule has 0 bridgehead atoms. The number of ether oxygens (including phenoxy) is 1. The van der Waals surface area contributed by atoms with Crippen molar-refractivity contribution in [1.82, 2.24) is 9.88 Å². The summed E-state index contributed by atoms with van der Waals surface area (Å²) in [5.41, 5.74) is 1.10. The zero-order chi connectivity index (χ0) is 11.4. The molecule has 4 heteroatoms. The van der Waals surface area contributed by atoms with Crippen molar-refractivity contribution in [3.8, 4) is 5.88 Å². The van der Waals surface area contributed by atoms with Crippen molar-refractivity contribution >= 4 is 5.91 Å². The molecule has 1 aromatic rings. The van der Waals surface area contributed by atoms with Crippen LogP contribution in [0.5, 0.6) is 5.88 Å². The van der Waals surface area contributed by atoms with E-state index in [1.807, 2.05) is 19.1 Å². The van der Waals surface area contributed by atoms with Crippen LogP contribution in [0.2, 0.25) is 0 Å². The second kappa shape index (κ2) is 4.96. The summed E-state index contributed by atoms with van der Waals surface area (Å²) < 4.78 is 5.46. The first kappa shape index (κ1) is 10.9. The molecule has 0 N–H and O–H groups in total. The molecule has 1 saturated heterocycles. The highest BCUT2D eigenvalue weighted by Gasteiger charge is 2.17. The highest BCUT2D eigenvalue weighted by molar-refractivity contribution is 5.76. The van der Waals surface area contributed by atoms with Gasteiger partial charge < -0.3 is 9.64 Å². The number of hydrogen-bond donors (Lipinski definition) is 0. The summed E-state index contributed by atoms with van der Waals surface area (Å²) in [7, 11) is 0. The molecule has 0 aromatic carbocycles. The third-order valence-corrected chi connectivity index (χ3v) is 2.67. The molecule has 0 spiro atoms. The second-order valence-corrected chi connectivity index (χ2v) is 4.06. The van der Waals surface area contributed by atoms with E-state index in [1.165, 1.54) is 0 Å². The molecular weight excluding hydrogens is 204 g/mol. The minimum atomic E-state index is 0.179. The zero-order valence-corrected chi connectivity index (χ0v) is 9.48. The van der Waals surface area contributed by atoms with Crippen LogP contribution in [0.15, 0.2) is 18.3 Å². The molecule has 1 aliphatic rings. The molecule has 0 aliphatic carbocycles.